The van der Waals surface area contributed by atoms with E-state index in [9.17, 15) is 14.7 Å². The lowest BCUT2D eigenvalue weighted by molar-refractivity contribution is -0.132. The minimum atomic E-state index is -0.765. The molecule has 1 N–H and O–H groups in total. The molecule has 1 saturated heterocycles. The Morgan fingerprint density at radius 2 is 1.76 bits per heavy atom. The summed E-state index contributed by atoms with van der Waals surface area (Å²) in [6.45, 7) is 4.03. The first-order chi connectivity index (χ1) is 16.0. The maximum Gasteiger partial charge on any atom is 0.301 e. The number of aliphatic hydroxyl groups excluding tert-OH is 1. The van der Waals surface area contributed by atoms with E-state index in [1.807, 2.05) is 61.5 Å². The highest BCUT2D eigenvalue weighted by Gasteiger charge is 2.48. The molecule has 0 radical (unpaired) electrons. The third-order valence-corrected chi connectivity index (χ3v) is 6.96. The molecule has 1 aliphatic heterocycles. The average molecular weight is 455 g/mol. The fourth-order valence-corrected chi connectivity index (χ4v) is 5.18. The van der Waals surface area contributed by atoms with E-state index in [0.29, 0.717) is 10.7 Å². The number of fused-ring (bicyclic) bond motifs is 1. The van der Waals surface area contributed by atoms with Crippen LogP contribution in [0.4, 0.5) is 5.13 Å². The molecule has 1 amide bonds. The molecule has 6 heteroatoms. The molecule has 0 bridgehead atoms. The fraction of sp³-hybridized carbons (Fsp3) is 0.148. The van der Waals surface area contributed by atoms with Crippen LogP contribution >= 0.6 is 11.3 Å². The van der Waals surface area contributed by atoms with Crippen molar-refractivity contribution in [3.05, 3.63) is 101 Å². The number of carbonyl (C=O) groups excluding carboxylic acids is 2. The number of aromatic nitrogens is 1. The summed E-state index contributed by atoms with van der Waals surface area (Å²) in [5, 5.41) is 11.6. The van der Waals surface area contributed by atoms with Crippen molar-refractivity contribution >= 4 is 44.1 Å². The van der Waals surface area contributed by atoms with E-state index in [4.69, 9.17) is 0 Å². The lowest BCUT2D eigenvalue weighted by Gasteiger charge is -2.22. The zero-order valence-corrected chi connectivity index (χ0v) is 19.1. The highest BCUT2D eigenvalue weighted by atomic mass is 32.1. The molecule has 1 fully saturated rings. The largest absolute Gasteiger partial charge is 0.507 e. The summed E-state index contributed by atoms with van der Waals surface area (Å²) in [6, 6.07) is 21.8. The van der Waals surface area contributed by atoms with Gasteiger partial charge in [-0.3, -0.25) is 14.5 Å². The smallest absolute Gasteiger partial charge is 0.301 e. The van der Waals surface area contributed by atoms with Crippen LogP contribution in [0.1, 0.15) is 35.2 Å². The lowest BCUT2D eigenvalue weighted by Crippen LogP contribution is -2.29. The zero-order chi connectivity index (χ0) is 23.1. The number of thiazole rings is 1. The van der Waals surface area contributed by atoms with Crippen molar-refractivity contribution < 1.29 is 14.7 Å². The van der Waals surface area contributed by atoms with Crippen molar-refractivity contribution in [1.29, 1.82) is 0 Å². The van der Waals surface area contributed by atoms with Crippen LogP contribution in [0.2, 0.25) is 0 Å². The number of ketones is 1. The van der Waals surface area contributed by atoms with Crippen LogP contribution in [0.3, 0.4) is 0 Å². The summed E-state index contributed by atoms with van der Waals surface area (Å²) in [6.07, 6.45) is 0.897. The number of anilines is 1. The molecule has 0 saturated carbocycles. The van der Waals surface area contributed by atoms with Crippen LogP contribution in [-0.4, -0.2) is 21.8 Å². The molecule has 4 aromatic rings. The Kier molecular flexibility index (Phi) is 5.30. The molecular formula is C27H22N2O3S. The van der Waals surface area contributed by atoms with Crippen LogP contribution in [0.15, 0.2) is 78.4 Å². The van der Waals surface area contributed by atoms with Crippen LogP contribution in [0.5, 0.6) is 0 Å². The Balaban J connectivity index is 1.71. The molecule has 2 heterocycles. The van der Waals surface area contributed by atoms with Crippen LogP contribution in [0.25, 0.3) is 16.0 Å². The topological polar surface area (TPSA) is 70.5 Å². The molecule has 5 rings (SSSR count). The second kappa shape index (κ2) is 8.30. The number of hydrogen-bond acceptors (Lipinski definition) is 5. The zero-order valence-electron chi connectivity index (χ0n) is 18.3. The van der Waals surface area contributed by atoms with E-state index in [1.54, 1.807) is 12.1 Å². The summed E-state index contributed by atoms with van der Waals surface area (Å²) < 4.78 is 0.955. The van der Waals surface area contributed by atoms with Crippen LogP contribution in [-0.2, 0) is 16.0 Å². The Bertz CT molecular complexity index is 1400. The minimum Gasteiger partial charge on any atom is -0.507 e. The highest BCUT2D eigenvalue weighted by Crippen LogP contribution is 2.44. The molecular weight excluding hydrogens is 432 g/mol. The van der Waals surface area contributed by atoms with Gasteiger partial charge in [0.2, 0.25) is 0 Å². The molecule has 33 heavy (non-hydrogen) atoms. The first kappa shape index (κ1) is 21.1. The number of aryl methyl sites for hydroxylation is 2. The molecule has 0 spiro atoms. The van der Waals surface area contributed by atoms with E-state index < -0.39 is 17.7 Å². The van der Waals surface area contributed by atoms with Gasteiger partial charge < -0.3 is 5.11 Å². The molecule has 1 atom stereocenters. The maximum atomic E-state index is 13.3. The van der Waals surface area contributed by atoms with Crippen molar-refractivity contribution in [1.82, 2.24) is 4.98 Å². The van der Waals surface area contributed by atoms with Crippen LogP contribution < -0.4 is 4.90 Å². The molecule has 164 valence electrons. The van der Waals surface area contributed by atoms with Crippen LogP contribution in [0, 0.1) is 6.92 Å². The molecule has 1 aliphatic rings. The number of nitrogens with zero attached hydrogens (tertiary/aromatic N) is 2. The van der Waals surface area contributed by atoms with Crippen molar-refractivity contribution in [3.8, 4) is 0 Å². The Labute approximate surface area is 195 Å². The number of carbonyl (C=O) groups is 2. The number of amides is 1. The normalized spacial score (nSPS) is 17.8. The van der Waals surface area contributed by atoms with E-state index in [0.717, 1.165) is 27.8 Å². The summed E-state index contributed by atoms with van der Waals surface area (Å²) in [5.74, 6) is -1.58. The van der Waals surface area contributed by atoms with Gasteiger partial charge in [0.05, 0.1) is 21.8 Å². The number of rotatable bonds is 4. The molecule has 3 aromatic carbocycles. The van der Waals surface area contributed by atoms with Gasteiger partial charge in [-0.25, -0.2) is 4.98 Å². The summed E-state index contributed by atoms with van der Waals surface area (Å²) in [7, 11) is 0. The van der Waals surface area contributed by atoms with Crippen molar-refractivity contribution in [2.75, 3.05) is 4.90 Å². The summed E-state index contributed by atoms with van der Waals surface area (Å²) in [4.78, 5) is 32.6. The summed E-state index contributed by atoms with van der Waals surface area (Å²) in [5.41, 5.74) is 4.30. The highest BCUT2D eigenvalue weighted by molar-refractivity contribution is 7.22. The molecule has 0 aliphatic carbocycles. The second-order valence-electron chi connectivity index (χ2n) is 8.10. The fourth-order valence-electron chi connectivity index (χ4n) is 4.13. The first-order valence-electron chi connectivity index (χ1n) is 10.8. The van der Waals surface area contributed by atoms with Gasteiger partial charge in [-0.1, -0.05) is 84.5 Å². The number of aliphatic hydroxyl groups is 1. The monoisotopic (exact) mass is 454 g/mol. The molecule has 1 aromatic heterocycles. The number of Topliss-reactive ketones (excluding diaryl/α,β-unsaturated/α-hetero) is 1. The Morgan fingerprint density at radius 1 is 1.03 bits per heavy atom. The number of hydrogen-bond donors (Lipinski definition) is 1. The predicted molar refractivity (Wildman–Crippen MR) is 131 cm³/mol. The van der Waals surface area contributed by atoms with E-state index >= 15 is 0 Å². The van der Waals surface area contributed by atoms with Gasteiger partial charge in [0.1, 0.15) is 5.76 Å². The second-order valence-corrected chi connectivity index (χ2v) is 9.11. The van der Waals surface area contributed by atoms with Gasteiger partial charge in [-0.05, 0) is 36.6 Å². The van der Waals surface area contributed by atoms with Crippen molar-refractivity contribution in [3.63, 3.8) is 0 Å². The molecule has 1 unspecified atom stereocenters. The molecule has 5 nitrogen and oxygen atoms in total. The SMILES string of the molecule is CCc1ccc2nc(N3C(=O)C(=O)/C(=C(/O)c4ccc(C)cc4)C3c3ccccc3)sc2c1. The van der Waals surface area contributed by atoms with Gasteiger partial charge in [-0.2, -0.15) is 0 Å². The quantitative estimate of drug-likeness (QED) is 0.241. The lowest BCUT2D eigenvalue weighted by atomic mass is 9.95. The number of benzene rings is 3. The average Bonchev–Trinajstić information content (AvgIpc) is 3.37. The standard InChI is InChI=1S/C27H22N2O3S/c1-3-17-11-14-20-21(15-17)33-27(28-20)29-23(18-7-5-4-6-8-18)22(25(31)26(29)32)24(30)19-12-9-16(2)10-13-19/h4-15,23,30H,3H2,1-2H3/b24-22+. The van der Waals surface area contributed by atoms with Crippen molar-refractivity contribution in [2.24, 2.45) is 0 Å². The third kappa shape index (κ3) is 3.62. The Morgan fingerprint density at radius 3 is 2.45 bits per heavy atom. The van der Waals surface area contributed by atoms with Crippen molar-refractivity contribution in [2.45, 2.75) is 26.3 Å². The Hall–Kier alpha value is -3.77. The van der Waals surface area contributed by atoms with Gasteiger partial charge in [0.25, 0.3) is 5.78 Å². The first-order valence-corrected chi connectivity index (χ1v) is 11.6. The van der Waals surface area contributed by atoms with E-state index in [2.05, 4.69) is 18.0 Å². The third-order valence-electron chi connectivity index (χ3n) is 5.94. The van der Waals surface area contributed by atoms with Gasteiger partial charge in [-0.15, -0.1) is 0 Å². The predicted octanol–water partition coefficient (Wildman–Crippen LogP) is 5.79. The summed E-state index contributed by atoms with van der Waals surface area (Å²) >= 11 is 1.38. The van der Waals surface area contributed by atoms with E-state index in [-0.39, 0.29) is 11.3 Å². The van der Waals surface area contributed by atoms with Gasteiger partial charge in [0, 0.05) is 5.56 Å². The maximum absolute atomic E-state index is 13.3. The van der Waals surface area contributed by atoms with Gasteiger partial charge in [0.15, 0.2) is 5.13 Å². The minimum absolute atomic E-state index is 0.0727. The van der Waals surface area contributed by atoms with E-state index in [1.165, 1.54) is 21.8 Å². The van der Waals surface area contributed by atoms with Gasteiger partial charge >= 0.3 is 5.91 Å².